The van der Waals surface area contributed by atoms with E-state index in [-0.39, 0.29) is 6.42 Å². The Labute approximate surface area is 124 Å². The molecule has 0 aliphatic heterocycles. The zero-order chi connectivity index (χ0) is 14.0. The monoisotopic (exact) mass is 316 g/mol. The third kappa shape index (κ3) is 3.35. The van der Waals surface area contributed by atoms with E-state index in [4.69, 9.17) is 39.9 Å². The Kier molecular flexibility index (Phi) is 4.24. The van der Waals surface area contributed by atoms with Gasteiger partial charge in [0.2, 0.25) is 0 Å². The summed E-state index contributed by atoms with van der Waals surface area (Å²) < 4.78 is 0. The number of carbonyl (C=O) groups is 1. The molecule has 4 nitrogen and oxygen atoms in total. The van der Waals surface area contributed by atoms with Crippen LogP contribution in [0.2, 0.25) is 15.1 Å². The first kappa shape index (κ1) is 14.1. The van der Waals surface area contributed by atoms with E-state index in [9.17, 15) is 4.79 Å². The molecule has 0 bridgehead atoms. The number of halogens is 3. The lowest BCUT2D eigenvalue weighted by Gasteiger charge is -2.05. The Balaban J connectivity index is 2.37. The second kappa shape index (κ2) is 5.74. The number of benzene rings is 1. The van der Waals surface area contributed by atoms with Crippen molar-refractivity contribution < 1.29 is 9.90 Å². The molecule has 0 unspecified atom stereocenters. The molecule has 2 aromatic rings. The van der Waals surface area contributed by atoms with Crippen LogP contribution >= 0.6 is 34.8 Å². The first-order valence-electron chi connectivity index (χ1n) is 5.15. The van der Waals surface area contributed by atoms with E-state index in [0.717, 1.165) is 0 Å². The normalized spacial score (nSPS) is 10.5. The van der Waals surface area contributed by atoms with Gasteiger partial charge in [0.1, 0.15) is 0 Å². The van der Waals surface area contributed by atoms with Gasteiger partial charge in [0.25, 0.3) is 0 Å². The average molecular weight is 318 g/mol. The van der Waals surface area contributed by atoms with Crippen molar-refractivity contribution in [3.63, 3.8) is 0 Å². The van der Waals surface area contributed by atoms with Crippen LogP contribution in [0.4, 0.5) is 0 Å². The maximum absolute atomic E-state index is 10.6. The number of aromatic nitrogens is 2. The number of carboxylic acid groups (broad SMARTS) is 1. The number of aliphatic carboxylic acids is 1. The van der Waals surface area contributed by atoms with E-state index in [0.29, 0.717) is 32.0 Å². The molecule has 0 spiro atoms. The molecule has 0 amide bonds. The van der Waals surface area contributed by atoms with Crippen LogP contribution in [0.15, 0.2) is 24.5 Å². The van der Waals surface area contributed by atoms with Crippen molar-refractivity contribution in [1.29, 1.82) is 0 Å². The molecular weight excluding hydrogens is 311 g/mol. The molecule has 1 heterocycles. The summed E-state index contributed by atoms with van der Waals surface area (Å²) in [5.74, 6) is -0.582. The molecular formula is C12H7Cl3N2O2. The van der Waals surface area contributed by atoms with Gasteiger partial charge >= 0.3 is 5.97 Å². The topological polar surface area (TPSA) is 63.1 Å². The largest absolute Gasteiger partial charge is 0.481 e. The van der Waals surface area contributed by atoms with Gasteiger partial charge in [0, 0.05) is 18.0 Å². The van der Waals surface area contributed by atoms with Gasteiger partial charge in [-0.2, -0.15) is 0 Å². The smallest absolute Gasteiger partial charge is 0.307 e. The predicted octanol–water partition coefficient (Wildman–Crippen LogP) is 3.73. The summed E-state index contributed by atoms with van der Waals surface area (Å²) >= 11 is 17.8. The summed E-state index contributed by atoms with van der Waals surface area (Å²) in [6, 6.07) is 3.08. The molecule has 1 aromatic heterocycles. The van der Waals surface area contributed by atoms with Crippen molar-refractivity contribution in [2.45, 2.75) is 6.42 Å². The van der Waals surface area contributed by atoms with Crippen LogP contribution in [0.5, 0.6) is 0 Å². The highest BCUT2D eigenvalue weighted by molar-refractivity contribution is 6.44. The molecule has 2 rings (SSSR count). The van der Waals surface area contributed by atoms with E-state index < -0.39 is 5.97 Å². The fourth-order valence-electron chi connectivity index (χ4n) is 1.45. The molecule has 1 N–H and O–H groups in total. The highest BCUT2D eigenvalue weighted by Crippen LogP contribution is 2.33. The standard InChI is InChI=1S/C12H7Cl3N2O2/c13-8-3-10(15)9(14)2-7(8)12-16-4-6(5-17-12)1-11(18)19/h2-5H,1H2,(H,18,19). The Bertz CT molecular complexity index is 630. The Morgan fingerprint density at radius 1 is 1.05 bits per heavy atom. The van der Waals surface area contributed by atoms with Gasteiger partial charge in [-0.3, -0.25) is 4.79 Å². The molecule has 0 atom stereocenters. The minimum absolute atomic E-state index is 0.130. The SMILES string of the molecule is O=C(O)Cc1cnc(-c2cc(Cl)c(Cl)cc2Cl)nc1. The molecule has 0 saturated heterocycles. The molecule has 0 radical (unpaired) electrons. The van der Waals surface area contributed by atoms with Crippen molar-refractivity contribution in [2.24, 2.45) is 0 Å². The van der Waals surface area contributed by atoms with Gasteiger partial charge in [-0.15, -0.1) is 0 Å². The quantitative estimate of drug-likeness (QED) is 0.876. The van der Waals surface area contributed by atoms with Crippen LogP contribution < -0.4 is 0 Å². The second-order valence-electron chi connectivity index (χ2n) is 3.73. The fourth-order valence-corrected chi connectivity index (χ4v) is 2.09. The molecule has 1 aromatic carbocycles. The van der Waals surface area contributed by atoms with Crippen LogP contribution in [-0.2, 0) is 11.2 Å². The molecule has 0 fully saturated rings. The summed E-state index contributed by atoms with van der Waals surface area (Å²) in [5.41, 5.74) is 1.05. The minimum atomic E-state index is -0.941. The summed E-state index contributed by atoms with van der Waals surface area (Å²) in [6.45, 7) is 0. The lowest BCUT2D eigenvalue weighted by Crippen LogP contribution is -2.01. The van der Waals surface area contributed by atoms with Gasteiger partial charge < -0.3 is 5.11 Å². The van der Waals surface area contributed by atoms with Gasteiger partial charge in [0.15, 0.2) is 5.82 Å². The van der Waals surface area contributed by atoms with Crippen LogP contribution in [0, 0.1) is 0 Å². The molecule has 98 valence electrons. The molecule has 0 aliphatic carbocycles. The zero-order valence-corrected chi connectivity index (χ0v) is 11.7. The van der Waals surface area contributed by atoms with Crippen LogP contribution in [0.3, 0.4) is 0 Å². The third-order valence-electron chi connectivity index (χ3n) is 2.31. The fraction of sp³-hybridized carbons (Fsp3) is 0.0833. The van der Waals surface area contributed by atoms with Crippen LogP contribution in [0.1, 0.15) is 5.56 Å². The summed E-state index contributed by atoms with van der Waals surface area (Å²) in [6.07, 6.45) is 2.75. The van der Waals surface area contributed by atoms with E-state index in [2.05, 4.69) is 9.97 Å². The van der Waals surface area contributed by atoms with Crippen molar-refractivity contribution >= 4 is 40.8 Å². The van der Waals surface area contributed by atoms with E-state index >= 15 is 0 Å². The summed E-state index contributed by atoms with van der Waals surface area (Å²) in [5, 5.41) is 9.72. The zero-order valence-electron chi connectivity index (χ0n) is 9.40. The van der Waals surface area contributed by atoms with Crippen molar-refractivity contribution in [3.05, 3.63) is 45.2 Å². The van der Waals surface area contributed by atoms with E-state index in [1.165, 1.54) is 18.5 Å². The first-order chi connectivity index (χ1) is 8.97. The average Bonchev–Trinajstić information content (AvgIpc) is 2.34. The molecule has 0 aliphatic rings. The maximum atomic E-state index is 10.6. The number of carboxylic acids is 1. The summed E-state index contributed by atoms with van der Waals surface area (Å²) in [4.78, 5) is 18.7. The van der Waals surface area contributed by atoms with Gasteiger partial charge in [-0.05, 0) is 17.7 Å². The van der Waals surface area contributed by atoms with Crippen molar-refractivity contribution in [1.82, 2.24) is 9.97 Å². The summed E-state index contributed by atoms with van der Waals surface area (Å²) in [7, 11) is 0. The Morgan fingerprint density at radius 2 is 1.63 bits per heavy atom. The molecule has 0 saturated carbocycles. The third-order valence-corrected chi connectivity index (χ3v) is 3.35. The Hall–Kier alpha value is -1.36. The number of rotatable bonds is 3. The van der Waals surface area contributed by atoms with E-state index in [1.54, 1.807) is 6.07 Å². The predicted molar refractivity (Wildman–Crippen MR) is 73.8 cm³/mol. The van der Waals surface area contributed by atoms with Gasteiger partial charge in [-0.1, -0.05) is 34.8 Å². The first-order valence-corrected chi connectivity index (χ1v) is 6.28. The lowest BCUT2D eigenvalue weighted by atomic mass is 10.2. The van der Waals surface area contributed by atoms with Crippen LogP contribution in [0.25, 0.3) is 11.4 Å². The highest BCUT2D eigenvalue weighted by atomic mass is 35.5. The second-order valence-corrected chi connectivity index (χ2v) is 4.95. The molecule has 7 heteroatoms. The van der Waals surface area contributed by atoms with Crippen LogP contribution in [-0.4, -0.2) is 21.0 Å². The van der Waals surface area contributed by atoms with E-state index in [1.807, 2.05) is 0 Å². The Morgan fingerprint density at radius 3 is 2.21 bits per heavy atom. The van der Waals surface area contributed by atoms with Crippen molar-refractivity contribution in [2.75, 3.05) is 0 Å². The number of hydrogen-bond acceptors (Lipinski definition) is 3. The highest BCUT2D eigenvalue weighted by Gasteiger charge is 2.11. The van der Waals surface area contributed by atoms with Crippen molar-refractivity contribution in [3.8, 4) is 11.4 Å². The lowest BCUT2D eigenvalue weighted by molar-refractivity contribution is -0.136. The molecule has 19 heavy (non-hydrogen) atoms. The number of hydrogen-bond donors (Lipinski definition) is 1. The van der Waals surface area contributed by atoms with Gasteiger partial charge in [0.05, 0.1) is 21.5 Å². The maximum Gasteiger partial charge on any atom is 0.307 e. The number of nitrogens with zero attached hydrogens (tertiary/aromatic N) is 2. The van der Waals surface area contributed by atoms with Gasteiger partial charge in [-0.25, -0.2) is 9.97 Å². The minimum Gasteiger partial charge on any atom is -0.481 e.